The number of amides is 2. The number of carbonyl (C=O) groups is 2. The highest BCUT2D eigenvalue weighted by atomic mass is 16.5. The second-order valence-corrected chi connectivity index (χ2v) is 3.67. The molecule has 1 N–H and O–H groups in total. The molecule has 0 radical (unpaired) electrons. The van der Waals surface area contributed by atoms with Gasteiger partial charge < -0.3 is 15.0 Å². The molecule has 1 rings (SSSR count). The van der Waals surface area contributed by atoms with E-state index in [9.17, 15) is 9.59 Å². The summed E-state index contributed by atoms with van der Waals surface area (Å²) in [6.07, 6.45) is 0.858. The van der Waals surface area contributed by atoms with Crippen molar-refractivity contribution >= 4 is 12.3 Å². The summed E-state index contributed by atoms with van der Waals surface area (Å²) in [5.74, 6) is 0.0274. The van der Waals surface area contributed by atoms with Crippen LogP contribution in [0.4, 0.5) is 0 Å². The second kappa shape index (κ2) is 10.0. The molecule has 0 aromatic heterocycles. The van der Waals surface area contributed by atoms with E-state index < -0.39 is 0 Å². The molecule has 0 aromatic carbocycles. The largest absolute Gasteiger partial charge is 0.385 e. The van der Waals surface area contributed by atoms with Crippen LogP contribution in [0.25, 0.3) is 0 Å². The second-order valence-electron chi connectivity index (χ2n) is 3.67. The molecular formula is C11H23N3O3. The minimum atomic E-state index is 0.0274. The van der Waals surface area contributed by atoms with Crippen LogP contribution in [-0.4, -0.2) is 75.6 Å². The van der Waals surface area contributed by atoms with Gasteiger partial charge in [0.05, 0.1) is 6.54 Å². The van der Waals surface area contributed by atoms with Crippen LogP contribution in [0.3, 0.4) is 0 Å². The maximum atomic E-state index is 11.0. The summed E-state index contributed by atoms with van der Waals surface area (Å²) in [5.41, 5.74) is 0. The fourth-order valence-electron chi connectivity index (χ4n) is 1.31. The molecule has 6 nitrogen and oxygen atoms in total. The van der Waals surface area contributed by atoms with E-state index in [4.69, 9.17) is 0 Å². The summed E-state index contributed by atoms with van der Waals surface area (Å²) in [5, 5.41) is 2.57. The van der Waals surface area contributed by atoms with Gasteiger partial charge in [0.2, 0.25) is 12.3 Å². The number of rotatable bonds is 4. The highest BCUT2D eigenvalue weighted by Gasteiger charge is 2.16. The van der Waals surface area contributed by atoms with Gasteiger partial charge in [0.1, 0.15) is 0 Å². The van der Waals surface area contributed by atoms with Gasteiger partial charge in [0.15, 0.2) is 0 Å². The highest BCUT2D eigenvalue weighted by molar-refractivity contribution is 5.77. The van der Waals surface area contributed by atoms with Crippen LogP contribution in [0.15, 0.2) is 0 Å². The molecule has 0 unspecified atom stereocenters. The predicted octanol–water partition coefficient (Wildman–Crippen LogP) is -0.841. The van der Waals surface area contributed by atoms with Crippen molar-refractivity contribution in [3.8, 4) is 0 Å². The molecule has 1 aliphatic heterocycles. The molecule has 6 heteroatoms. The quantitative estimate of drug-likeness (QED) is 0.656. The molecule has 0 atom stereocenters. The molecule has 17 heavy (non-hydrogen) atoms. The van der Waals surface area contributed by atoms with Crippen LogP contribution < -0.4 is 5.32 Å². The monoisotopic (exact) mass is 245 g/mol. The molecule has 0 saturated carbocycles. The number of hydrogen-bond acceptors (Lipinski definition) is 4. The highest BCUT2D eigenvalue weighted by Crippen LogP contribution is 1.98. The van der Waals surface area contributed by atoms with E-state index in [1.54, 1.807) is 19.1 Å². The van der Waals surface area contributed by atoms with Crippen LogP contribution in [0.1, 0.15) is 6.92 Å². The standard InChI is InChI=1S/C8H15N3O2.C3H8O/c1-9-8(13)6-10-2-4-11(7-12)5-3-10;1-3-4-2/h7H,2-6H2,1H3,(H,9,13);3H2,1-2H3. The van der Waals surface area contributed by atoms with E-state index in [0.717, 1.165) is 39.2 Å². The van der Waals surface area contributed by atoms with Crippen LogP contribution in [0.2, 0.25) is 0 Å². The average molecular weight is 245 g/mol. The van der Waals surface area contributed by atoms with E-state index in [0.29, 0.717) is 6.54 Å². The van der Waals surface area contributed by atoms with Gasteiger partial charge in [-0.05, 0) is 6.92 Å². The molecule has 0 aliphatic carbocycles. The molecular weight excluding hydrogens is 222 g/mol. The van der Waals surface area contributed by atoms with Gasteiger partial charge in [-0.3, -0.25) is 14.5 Å². The third-order valence-electron chi connectivity index (χ3n) is 2.49. The topological polar surface area (TPSA) is 61.9 Å². The summed E-state index contributed by atoms with van der Waals surface area (Å²) in [7, 11) is 3.31. The van der Waals surface area contributed by atoms with Gasteiger partial charge >= 0.3 is 0 Å². The zero-order valence-electron chi connectivity index (χ0n) is 10.9. The SMILES string of the molecule is CCOC.CNC(=O)CN1CCN(C=O)CC1. The number of ether oxygens (including phenoxy) is 1. The Kier molecular flexibility index (Phi) is 9.37. The van der Waals surface area contributed by atoms with Crippen LogP contribution >= 0.6 is 0 Å². The molecule has 1 fully saturated rings. The molecule has 0 aromatic rings. The Labute approximate surface area is 103 Å². The lowest BCUT2D eigenvalue weighted by molar-refractivity contribution is -0.123. The van der Waals surface area contributed by atoms with E-state index in [2.05, 4.69) is 10.1 Å². The fraction of sp³-hybridized carbons (Fsp3) is 0.818. The fourth-order valence-corrected chi connectivity index (χ4v) is 1.31. The molecule has 2 amide bonds. The first-order valence-corrected chi connectivity index (χ1v) is 5.79. The first-order chi connectivity index (χ1) is 8.17. The van der Waals surface area contributed by atoms with Gasteiger partial charge in [0, 0.05) is 46.9 Å². The van der Waals surface area contributed by atoms with Crippen molar-refractivity contribution in [1.29, 1.82) is 0 Å². The van der Waals surface area contributed by atoms with E-state index >= 15 is 0 Å². The Morgan fingerprint density at radius 1 is 1.35 bits per heavy atom. The van der Waals surface area contributed by atoms with Gasteiger partial charge in [-0.25, -0.2) is 0 Å². The predicted molar refractivity (Wildman–Crippen MR) is 65.7 cm³/mol. The first kappa shape index (κ1) is 15.9. The van der Waals surface area contributed by atoms with Gasteiger partial charge in [-0.1, -0.05) is 0 Å². The summed E-state index contributed by atoms with van der Waals surface area (Å²) in [6, 6.07) is 0. The molecule has 100 valence electrons. The van der Waals surface area contributed by atoms with Crippen molar-refractivity contribution in [2.75, 3.05) is 53.5 Å². The van der Waals surface area contributed by atoms with Crippen molar-refractivity contribution in [2.24, 2.45) is 0 Å². The zero-order chi connectivity index (χ0) is 13.1. The van der Waals surface area contributed by atoms with Crippen LogP contribution in [-0.2, 0) is 14.3 Å². The number of nitrogens with zero attached hydrogens (tertiary/aromatic N) is 2. The summed E-state index contributed by atoms with van der Waals surface area (Å²) < 4.78 is 4.54. The van der Waals surface area contributed by atoms with Crippen molar-refractivity contribution in [3.63, 3.8) is 0 Å². The molecule has 1 saturated heterocycles. The number of likely N-dealkylation sites (N-methyl/N-ethyl adjacent to an activating group) is 1. The lowest BCUT2D eigenvalue weighted by Crippen LogP contribution is -2.48. The third-order valence-corrected chi connectivity index (χ3v) is 2.49. The molecule has 1 heterocycles. The normalized spacial score (nSPS) is 15.8. The number of methoxy groups -OCH3 is 1. The average Bonchev–Trinajstić information content (AvgIpc) is 2.39. The summed E-state index contributed by atoms with van der Waals surface area (Å²) >= 11 is 0. The summed E-state index contributed by atoms with van der Waals surface area (Å²) in [6.45, 7) is 6.22. The number of nitrogens with one attached hydrogen (secondary N) is 1. The lowest BCUT2D eigenvalue weighted by atomic mass is 10.3. The first-order valence-electron chi connectivity index (χ1n) is 5.79. The van der Waals surface area contributed by atoms with E-state index in [-0.39, 0.29) is 5.91 Å². The van der Waals surface area contributed by atoms with Gasteiger partial charge in [0.25, 0.3) is 0 Å². The minimum absolute atomic E-state index is 0.0274. The van der Waals surface area contributed by atoms with Crippen LogP contribution in [0.5, 0.6) is 0 Å². The number of carbonyl (C=O) groups excluding carboxylic acids is 2. The number of piperazine rings is 1. The van der Waals surface area contributed by atoms with Crippen LogP contribution in [0, 0.1) is 0 Å². The maximum absolute atomic E-state index is 11.0. The van der Waals surface area contributed by atoms with Gasteiger partial charge in [-0.15, -0.1) is 0 Å². The van der Waals surface area contributed by atoms with Crippen molar-refractivity contribution < 1.29 is 14.3 Å². The van der Waals surface area contributed by atoms with Crippen molar-refractivity contribution in [3.05, 3.63) is 0 Å². The lowest BCUT2D eigenvalue weighted by Gasteiger charge is -2.31. The Balaban J connectivity index is 0.000000557. The van der Waals surface area contributed by atoms with Crippen molar-refractivity contribution in [2.45, 2.75) is 6.92 Å². The third kappa shape index (κ3) is 7.70. The van der Waals surface area contributed by atoms with Crippen molar-refractivity contribution in [1.82, 2.24) is 15.1 Å². The molecule has 1 aliphatic rings. The Hall–Kier alpha value is -1.14. The summed E-state index contributed by atoms with van der Waals surface area (Å²) in [4.78, 5) is 25.1. The Bertz CT molecular complexity index is 214. The van der Waals surface area contributed by atoms with E-state index in [1.165, 1.54) is 0 Å². The maximum Gasteiger partial charge on any atom is 0.233 e. The Morgan fingerprint density at radius 3 is 2.24 bits per heavy atom. The van der Waals surface area contributed by atoms with E-state index in [1.807, 2.05) is 11.8 Å². The Morgan fingerprint density at radius 2 is 1.88 bits per heavy atom. The molecule has 0 spiro atoms. The molecule has 0 bridgehead atoms. The van der Waals surface area contributed by atoms with Gasteiger partial charge in [-0.2, -0.15) is 0 Å². The zero-order valence-corrected chi connectivity index (χ0v) is 10.9. The number of hydrogen-bond donors (Lipinski definition) is 1. The minimum Gasteiger partial charge on any atom is -0.385 e. The smallest absolute Gasteiger partial charge is 0.233 e.